The number of nitrogens with zero attached hydrogens (tertiary/aromatic N) is 1. The molecule has 0 radical (unpaired) electrons. The minimum atomic E-state index is 0.502. The van der Waals surface area contributed by atoms with Crippen LogP contribution in [0, 0.1) is 6.92 Å². The summed E-state index contributed by atoms with van der Waals surface area (Å²) in [6.07, 6.45) is 1.70. The number of aryl methyl sites for hydroxylation is 1. The third kappa shape index (κ3) is 5.71. The van der Waals surface area contributed by atoms with Gasteiger partial charge in [0.2, 0.25) is 0 Å². The van der Waals surface area contributed by atoms with Gasteiger partial charge in [0.1, 0.15) is 12.4 Å². The van der Waals surface area contributed by atoms with Gasteiger partial charge in [-0.25, -0.2) is 0 Å². The van der Waals surface area contributed by atoms with Crippen LogP contribution in [0.3, 0.4) is 0 Å². The van der Waals surface area contributed by atoms with E-state index in [9.17, 15) is 0 Å². The highest BCUT2D eigenvalue weighted by Gasteiger charge is 2.02. The minimum absolute atomic E-state index is 0.502. The second kappa shape index (κ2) is 8.90. The lowest BCUT2D eigenvalue weighted by Crippen LogP contribution is -2.31. The molecule has 2 aromatic carbocycles. The molecule has 2 rings (SSSR count). The van der Waals surface area contributed by atoms with E-state index in [2.05, 4.69) is 41.0 Å². The zero-order chi connectivity index (χ0) is 16.5. The topological polar surface area (TPSA) is 45.7 Å². The highest BCUT2D eigenvalue weighted by Crippen LogP contribution is 2.17. The molecule has 0 saturated carbocycles. The summed E-state index contributed by atoms with van der Waals surface area (Å²) in [7, 11) is 0. The number of nitrogens with one attached hydrogen (secondary N) is 2. The summed E-state index contributed by atoms with van der Waals surface area (Å²) in [6.45, 7) is 5.34. The molecule has 23 heavy (non-hydrogen) atoms. The van der Waals surface area contributed by atoms with E-state index in [-0.39, 0.29) is 0 Å². The molecule has 0 aliphatic carbocycles. The molecule has 0 aliphatic rings. The molecule has 0 atom stereocenters. The van der Waals surface area contributed by atoms with Crippen LogP contribution < -0.4 is 15.5 Å². The van der Waals surface area contributed by atoms with E-state index in [1.54, 1.807) is 6.21 Å². The Kier molecular flexibility index (Phi) is 6.56. The molecule has 0 unspecified atom stereocenters. The van der Waals surface area contributed by atoms with Gasteiger partial charge >= 0.3 is 0 Å². The van der Waals surface area contributed by atoms with E-state index in [4.69, 9.17) is 17.0 Å². The normalized spacial score (nSPS) is 10.5. The standard InChI is InChI=1S/C18H21N3OS/c1-3-19-18(23)21-20-12-16-9-4-5-10-17(16)22-13-15-8-6-7-14(2)11-15/h4-12H,3,13H2,1-2H3,(H2,19,21,23)/b20-12-. The minimum Gasteiger partial charge on any atom is -0.488 e. The molecule has 2 N–H and O–H groups in total. The largest absolute Gasteiger partial charge is 0.488 e. The Morgan fingerprint density at radius 2 is 2.04 bits per heavy atom. The third-order valence-electron chi connectivity index (χ3n) is 3.10. The van der Waals surface area contributed by atoms with Crippen LogP contribution in [0.5, 0.6) is 5.75 Å². The molecule has 0 saturated heterocycles. The molecule has 0 aromatic heterocycles. The predicted molar refractivity (Wildman–Crippen MR) is 99.0 cm³/mol. The maximum absolute atomic E-state index is 5.92. The van der Waals surface area contributed by atoms with Crippen LogP contribution in [0.4, 0.5) is 0 Å². The molecule has 5 heteroatoms. The summed E-state index contributed by atoms with van der Waals surface area (Å²) in [5, 5.41) is 7.61. The van der Waals surface area contributed by atoms with Crippen molar-refractivity contribution in [3.8, 4) is 5.75 Å². The van der Waals surface area contributed by atoms with E-state index >= 15 is 0 Å². The van der Waals surface area contributed by atoms with Crippen molar-refractivity contribution in [3.05, 3.63) is 65.2 Å². The number of ether oxygens (including phenoxy) is 1. The lowest BCUT2D eigenvalue weighted by molar-refractivity contribution is 0.305. The molecule has 0 bridgehead atoms. The fourth-order valence-electron chi connectivity index (χ4n) is 2.04. The Bertz CT molecular complexity index is 685. The first-order chi connectivity index (χ1) is 11.2. The van der Waals surface area contributed by atoms with E-state index in [1.807, 2.05) is 37.3 Å². The average molecular weight is 327 g/mol. The Hall–Kier alpha value is -2.40. The van der Waals surface area contributed by atoms with Crippen LogP contribution in [0.2, 0.25) is 0 Å². The Morgan fingerprint density at radius 3 is 2.83 bits per heavy atom. The Labute approximate surface area is 142 Å². The van der Waals surface area contributed by atoms with Crippen molar-refractivity contribution in [2.75, 3.05) is 6.54 Å². The number of hydrogen-bond acceptors (Lipinski definition) is 3. The maximum atomic E-state index is 5.92. The van der Waals surface area contributed by atoms with Crippen molar-refractivity contribution in [1.82, 2.24) is 10.7 Å². The van der Waals surface area contributed by atoms with Crippen molar-refractivity contribution in [1.29, 1.82) is 0 Å². The van der Waals surface area contributed by atoms with E-state index in [0.717, 1.165) is 23.4 Å². The van der Waals surface area contributed by atoms with Crippen molar-refractivity contribution in [3.63, 3.8) is 0 Å². The van der Waals surface area contributed by atoms with E-state index in [0.29, 0.717) is 11.7 Å². The van der Waals surface area contributed by atoms with Crippen LogP contribution in [0.25, 0.3) is 0 Å². The van der Waals surface area contributed by atoms with Crippen molar-refractivity contribution >= 4 is 23.5 Å². The fourth-order valence-corrected chi connectivity index (χ4v) is 2.24. The number of hydrazone groups is 1. The number of hydrogen-bond donors (Lipinski definition) is 2. The molecule has 120 valence electrons. The highest BCUT2D eigenvalue weighted by atomic mass is 32.1. The molecule has 0 amide bonds. The summed E-state index contributed by atoms with van der Waals surface area (Å²) < 4.78 is 5.92. The summed E-state index contributed by atoms with van der Waals surface area (Å²) in [6, 6.07) is 16.1. The van der Waals surface area contributed by atoms with Crippen molar-refractivity contribution in [2.24, 2.45) is 5.10 Å². The van der Waals surface area contributed by atoms with Gasteiger partial charge in [-0.3, -0.25) is 5.43 Å². The fraction of sp³-hybridized carbons (Fsp3) is 0.222. The van der Waals surface area contributed by atoms with Crippen molar-refractivity contribution < 1.29 is 4.74 Å². The number of para-hydroxylation sites is 1. The zero-order valence-corrected chi connectivity index (χ0v) is 14.2. The van der Waals surface area contributed by atoms with Gasteiger partial charge in [0.05, 0.1) is 6.21 Å². The highest BCUT2D eigenvalue weighted by molar-refractivity contribution is 7.80. The van der Waals surface area contributed by atoms with Gasteiger partial charge in [-0.1, -0.05) is 42.0 Å². The van der Waals surface area contributed by atoms with Crippen LogP contribution in [0.15, 0.2) is 53.6 Å². The predicted octanol–water partition coefficient (Wildman–Crippen LogP) is 3.39. The SMILES string of the molecule is CCNC(=S)N/N=C\c1ccccc1OCc1cccc(C)c1. The second-order valence-corrected chi connectivity index (χ2v) is 5.45. The summed E-state index contributed by atoms with van der Waals surface area (Å²) in [5.41, 5.74) is 6.04. The van der Waals surface area contributed by atoms with Gasteiger partial charge in [-0.05, 0) is 43.8 Å². The molecule has 2 aromatic rings. The van der Waals surface area contributed by atoms with E-state index in [1.165, 1.54) is 5.56 Å². The molecule has 0 heterocycles. The average Bonchev–Trinajstić information content (AvgIpc) is 2.54. The molecule has 0 aliphatic heterocycles. The summed E-state index contributed by atoms with van der Waals surface area (Å²) in [5.74, 6) is 0.786. The van der Waals surface area contributed by atoms with Gasteiger partial charge in [0.15, 0.2) is 5.11 Å². The van der Waals surface area contributed by atoms with Crippen LogP contribution >= 0.6 is 12.2 Å². The summed E-state index contributed by atoms with van der Waals surface area (Å²) in [4.78, 5) is 0. The first-order valence-electron chi connectivity index (χ1n) is 7.53. The molecular weight excluding hydrogens is 306 g/mol. The monoisotopic (exact) mass is 327 g/mol. The lowest BCUT2D eigenvalue weighted by atomic mass is 10.1. The Balaban J connectivity index is 1.99. The van der Waals surface area contributed by atoms with Gasteiger partial charge in [0.25, 0.3) is 0 Å². The lowest BCUT2D eigenvalue weighted by Gasteiger charge is -2.09. The summed E-state index contributed by atoms with van der Waals surface area (Å²) >= 11 is 5.06. The first kappa shape index (κ1) is 17.0. The van der Waals surface area contributed by atoms with Crippen molar-refractivity contribution in [2.45, 2.75) is 20.5 Å². The number of benzene rings is 2. The maximum Gasteiger partial charge on any atom is 0.186 e. The zero-order valence-electron chi connectivity index (χ0n) is 13.4. The molecule has 0 fully saturated rings. The van der Waals surface area contributed by atoms with Crippen LogP contribution in [-0.2, 0) is 6.61 Å². The number of thiocarbonyl (C=S) groups is 1. The smallest absolute Gasteiger partial charge is 0.186 e. The third-order valence-corrected chi connectivity index (χ3v) is 3.34. The quantitative estimate of drug-likeness (QED) is 0.485. The van der Waals surface area contributed by atoms with Gasteiger partial charge in [-0.2, -0.15) is 5.10 Å². The van der Waals surface area contributed by atoms with E-state index < -0.39 is 0 Å². The van der Waals surface area contributed by atoms with Gasteiger partial charge in [0, 0.05) is 12.1 Å². The van der Waals surface area contributed by atoms with Crippen LogP contribution in [0.1, 0.15) is 23.6 Å². The second-order valence-electron chi connectivity index (χ2n) is 5.05. The molecule has 4 nitrogen and oxygen atoms in total. The molecule has 0 spiro atoms. The number of rotatable bonds is 6. The first-order valence-corrected chi connectivity index (χ1v) is 7.94. The van der Waals surface area contributed by atoms with Gasteiger partial charge < -0.3 is 10.1 Å². The Morgan fingerprint density at radius 1 is 1.22 bits per heavy atom. The van der Waals surface area contributed by atoms with Crippen LogP contribution in [-0.4, -0.2) is 17.9 Å². The molecular formula is C18H21N3OS. The van der Waals surface area contributed by atoms with Gasteiger partial charge in [-0.15, -0.1) is 0 Å².